The summed E-state index contributed by atoms with van der Waals surface area (Å²) in [5.74, 6) is -0.354. The third-order valence-corrected chi connectivity index (χ3v) is 3.50. The SMILES string of the molecule is Cc1ccc([N+](=O)[O-])c(C(=O)NC2CCCNCC2)c1. The maximum atomic E-state index is 12.3. The van der Waals surface area contributed by atoms with Gasteiger partial charge in [0, 0.05) is 12.1 Å². The van der Waals surface area contributed by atoms with Crippen LogP contribution in [0, 0.1) is 17.0 Å². The molecule has 6 heteroatoms. The van der Waals surface area contributed by atoms with Gasteiger partial charge < -0.3 is 10.6 Å². The number of hydrogen-bond donors (Lipinski definition) is 2. The van der Waals surface area contributed by atoms with Gasteiger partial charge in [0.2, 0.25) is 0 Å². The summed E-state index contributed by atoms with van der Waals surface area (Å²) in [5, 5.41) is 17.2. The fraction of sp³-hybridized carbons (Fsp3) is 0.500. The van der Waals surface area contributed by atoms with Crippen molar-refractivity contribution in [1.82, 2.24) is 10.6 Å². The highest BCUT2D eigenvalue weighted by molar-refractivity contribution is 5.98. The first-order chi connectivity index (χ1) is 9.58. The molecule has 1 aromatic carbocycles. The van der Waals surface area contributed by atoms with Crippen LogP contribution in [0.4, 0.5) is 5.69 Å². The number of amides is 1. The van der Waals surface area contributed by atoms with Crippen molar-refractivity contribution >= 4 is 11.6 Å². The van der Waals surface area contributed by atoms with Crippen LogP contribution in [0.3, 0.4) is 0 Å². The molecule has 1 fully saturated rings. The molecule has 1 heterocycles. The highest BCUT2D eigenvalue weighted by Gasteiger charge is 2.22. The number of aryl methyl sites for hydroxylation is 1. The van der Waals surface area contributed by atoms with Crippen LogP contribution in [0.5, 0.6) is 0 Å². The number of carbonyl (C=O) groups is 1. The molecule has 0 aliphatic carbocycles. The van der Waals surface area contributed by atoms with Gasteiger partial charge in [0.15, 0.2) is 0 Å². The van der Waals surface area contributed by atoms with Crippen molar-refractivity contribution in [3.05, 3.63) is 39.4 Å². The highest BCUT2D eigenvalue weighted by Crippen LogP contribution is 2.20. The fourth-order valence-electron chi connectivity index (χ4n) is 2.42. The summed E-state index contributed by atoms with van der Waals surface area (Å²) in [7, 11) is 0. The lowest BCUT2D eigenvalue weighted by atomic mass is 10.1. The molecule has 1 unspecified atom stereocenters. The van der Waals surface area contributed by atoms with Crippen molar-refractivity contribution in [2.75, 3.05) is 13.1 Å². The molecule has 1 aliphatic heterocycles. The van der Waals surface area contributed by atoms with Crippen LogP contribution in [-0.4, -0.2) is 30.0 Å². The first-order valence-corrected chi connectivity index (χ1v) is 6.84. The van der Waals surface area contributed by atoms with E-state index < -0.39 is 4.92 Å². The number of carbonyl (C=O) groups excluding carboxylic acids is 1. The third kappa shape index (κ3) is 3.54. The Bertz CT molecular complexity index is 508. The van der Waals surface area contributed by atoms with E-state index in [-0.39, 0.29) is 23.2 Å². The number of nitro groups is 1. The van der Waals surface area contributed by atoms with E-state index in [1.165, 1.54) is 6.07 Å². The summed E-state index contributed by atoms with van der Waals surface area (Å²) in [5.41, 5.74) is 0.843. The molecule has 2 rings (SSSR count). The molecule has 1 aliphatic rings. The van der Waals surface area contributed by atoms with Gasteiger partial charge in [-0.05, 0) is 50.9 Å². The zero-order chi connectivity index (χ0) is 14.5. The van der Waals surface area contributed by atoms with E-state index in [0.717, 1.165) is 37.9 Å². The Hall–Kier alpha value is -1.95. The molecule has 6 nitrogen and oxygen atoms in total. The second kappa shape index (κ2) is 6.47. The van der Waals surface area contributed by atoms with Crippen molar-refractivity contribution < 1.29 is 9.72 Å². The van der Waals surface area contributed by atoms with Crippen LogP contribution in [0.15, 0.2) is 18.2 Å². The number of nitro benzene ring substituents is 1. The smallest absolute Gasteiger partial charge is 0.282 e. The Morgan fingerprint density at radius 1 is 1.40 bits per heavy atom. The normalized spacial score (nSPS) is 19.1. The van der Waals surface area contributed by atoms with E-state index in [1.807, 2.05) is 6.92 Å². The molecule has 108 valence electrons. The van der Waals surface area contributed by atoms with Gasteiger partial charge in [-0.15, -0.1) is 0 Å². The van der Waals surface area contributed by atoms with Crippen molar-refractivity contribution in [3.8, 4) is 0 Å². The van der Waals surface area contributed by atoms with Gasteiger partial charge in [-0.3, -0.25) is 14.9 Å². The molecule has 0 saturated carbocycles. The molecule has 0 aromatic heterocycles. The highest BCUT2D eigenvalue weighted by atomic mass is 16.6. The molecule has 20 heavy (non-hydrogen) atoms. The zero-order valence-electron chi connectivity index (χ0n) is 11.5. The maximum Gasteiger partial charge on any atom is 0.282 e. The minimum Gasteiger partial charge on any atom is -0.349 e. The number of nitrogens with zero attached hydrogens (tertiary/aromatic N) is 1. The van der Waals surface area contributed by atoms with Gasteiger partial charge in [0.1, 0.15) is 5.56 Å². The third-order valence-electron chi connectivity index (χ3n) is 3.50. The molecule has 1 amide bonds. The van der Waals surface area contributed by atoms with Gasteiger partial charge in [-0.1, -0.05) is 6.07 Å². The number of nitrogens with one attached hydrogen (secondary N) is 2. The van der Waals surface area contributed by atoms with E-state index in [2.05, 4.69) is 10.6 Å². The monoisotopic (exact) mass is 277 g/mol. The van der Waals surface area contributed by atoms with Crippen LogP contribution < -0.4 is 10.6 Å². The zero-order valence-corrected chi connectivity index (χ0v) is 11.5. The van der Waals surface area contributed by atoms with Gasteiger partial charge in [0.25, 0.3) is 11.6 Å². The Kier molecular flexibility index (Phi) is 4.68. The first-order valence-electron chi connectivity index (χ1n) is 6.84. The van der Waals surface area contributed by atoms with E-state index in [4.69, 9.17) is 0 Å². The van der Waals surface area contributed by atoms with Crippen LogP contribution >= 0.6 is 0 Å². The second-order valence-corrected chi connectivity index (χ2v) is 5.13. The lowest BCUT2D eigenvalue weighted by Gasteiger charge is -2.16. The predicted octanol–water partition coefficient (Wildman–Crippen LogP) is 1.78. The number of benzene rings is 1. The minimum atomic E-state index is -0.511. The molecular weight excluding hydrogens is 258 g/mol. The van der Waals surface area contributed by atoms with Gasteiger partial charge >= 0.3 is 0 Å². The van der Waals surface area contributed by atoms with Gasteiger partial charge in [-0.25, -0.2) is 0 Å². The molecular formula is C14H19N3O3. The quantitative estimate of drug-likeness (QED) is 0.651. The summed E-state index contributed by atoms with van der Waals surface area (Å²) >= 11 is 0. The largest absolute Gasteiger partial charge is 0.349 e. The first kappa shape index (κ1) is 14.5. The van der Waals surface area contributed by atoms with Gasteiger partial charge in [-0.2, -0.15) is 0 Å². The van der Waals surface area contributed by atoms with Crippen LogP contribution in [0.2, 0.25) is 0 Å². The van der Waals surface area contributed by atoms with Crippen molar-refractivity contribution in [2.45, 2.75) is 32.2 Å². The topological polar surface area (TPSA) is 84.3 Å². The van der Waals surface area contributed by atoms with Gasteiger partial charge in [0.05, 0.1) is 4.92 Å². The molecule has 0 spiro atoms. The van der Waals surface area contributed by atoms with Crippen molar-refractivity contribution in [1.29, 1.82) is 0 Å². The summed E-state index contributed by atoms with van der Waals surface area (Å²) < 4.78 is 0. The van der Waals surface area contributed by atoms with E-state index in [9.17, 15) is 14.9 Å². The Labute approximate surface area is 117 Å². The molecule has 0 bridgehead atoms. The molecule has 2 N–H and O–H groups in total. The summed E-state index contributed by atoms with van der Waals surface area (Å²) in [6.45, 7) is 3.63. The molecule has 1 aromatic rings. The average molecular weight is 277 g/mol. The lowest BCUT2D eigenvalue weighted by molar-refractivity contribution is -0.385. The van der Waals surface area contributed by atoms with Crippen LogP contribution in [0.25, 0.3) is 0 Å². The standard InChI is InChI=1S/C14H19N3O3/c1-10-4-5-13(17(19)20)12(9-10)14(18)16-11-3-2-7-15-8-6-11/h4-5,9,11,15H,2-3,6-8H2,1H3,(H,16,18). The molecule has 1 saturated heterocycles. The predicted molar refractivity (Wildman–Crippen MR) is 75.8 cm³/mol. The Balaban J connectivity index is 2.15. The van der Waals surface area contributed by atoms with Crippen molar-refractivity contribution in [3.63, 3.8) is 0 Å². The second-order valence-electron chi connectivity index (χ2n) is 5.13. The van der Waals surface area contributed by atoms with Crippen LogP contribution in [-0.2, 0) is 0 Å². The summed E-state index contributed by atoms with van der Waals surface area (Å²) in [6, 6.07) is 4.68. The molecule has 0 radical (unpaired) electrons. The van der Waals surface area contributed by atoms with Crippen molar-refractivity contribution in [2.24, 2.45) is 0 Å². The lowest BCUT2D eigenvalue weighted by Crippen LogP contribution is -2.35. The molecule has 1 atom stereocenters. The maximum absolute atomic E-state index is 12.3. The van der Waals surface area contributed by atoms with E-state index in [0.29, 0.717) is 0 Å². The minimum absolute atomic E-state index is 0.0811. The van der Waals surface area contributed by atoms with E-state index >= 15 is 0 Å². The summed E-state index contributed by atoms with van der Waals surface area (Å²) in [4.78, 5) is 22.8. The number of hydrogen-bond acceptors (Lipinski definition) is 4. The summed E-state index contributed by atoms with van der Waals surface area (Å²) in [6.07, 6.45) is 2.75. The average Bonchev–Trinajstić information content (AvgIpc) is 2.66. The fourth-order valence-corrected chi connectivity index (χ4v) is 2.42. The van der Waals surface area contributed by atoms with Crippen LogP contribution in [0.1, 0.15) is 35.2 Å². The Morgan fingerprint density at radius 2 is 2.20 bits per heavy atom. The van der Waals surface area contributed by atoms with E-state index in [1.54, 1.807) is 12.1 Å². The Morgan fingerprint density at radius 3 is 2.95 bits per heavy atom. The number of rotatable bonds is 3.